The molecule has 0 amide bonds. The van der Waals surface area contributed by atoms with Gasteiger partial charge in [-0.25, -0.2) is 4.79 Å². The SMILES string of the molecule is C[C@@]12CCC[C@H]1[C@@H]1CC=C3C[C@@H](OC(=O)COc4ccccc4)CC[C@]3(C)[C@H]1/C(=N\O)C2. The van der Waals surface area contributed by atoms with E-state index in [9.17, 15) is 10.0 Å². The highest BCUT2D eigenvalue weighted by atomic mass is 16.6. The second kappa shape index (κ2) is 8.24. The van der Waals surface area contributed by atoms with Gasteiger partial charge in [0.05, 0.1) is 5.71 Å². The topological polar surface area (TPSA) is 68.1 Å². The van der Waals surface area contributed by atoms with Crippen LogP contribution in [-0.2, 0) is 9.53 Å². The Morgan fingerprint density at radius 1 is 1.19 bits per heavy atom. The molecule has 32 heavy (non-hydrogen) atoms. The lowest BCUT2D eigenvalue weighted by Gasteiger charge is -2.57. The van der Waals surface area contributed by atoms with E-state index in [4.69, 9.17) is 9.47 Å². The molecule has 0 heterocycles. The van der Waals surface area contributed by atoms with Gasteiger partial charge in [-0.1, -0.05) is 55.3 Å². The fourth-order valence-corrected chi connectivity index (χ4v) is 7.58. The number of allylic oxidation sites excluding steroid dienone is 1. The van der Waals surface area contributed by atoms with E-state index in [1.165, 1.54) is 24.8 Å². The van der Waals surface area contributed by atoms with Crippen molar-refractivity contribution in [2.24, 2.45) is 33.7 Å². The standard InChI is InChI=1S/C27H35NO4/c1-26-13-6-9-22(26)21-11-10-18-15-20(12-14-27(18,2)25(21)23(16-26)28-30)32-24(29)17-31-19-7-4-3-5-8-19/h3-5,7-8,10,20-22,25,30H,6,9,11-17H2,1-2H3/b28-23-/t20-,21-,22-,25+,26-,27-/m0/s1. The highest BCUT2D eigenvalue weighted by Crippen LogP contribution is 2.64. The van der Waals surface area contributed by atoms with Crippen molar-refractivity contribution >= 4 is 11.7 Å². The van der Waals surface area contributed by atoms with E-state index in [-0.39, 0.29) is 29.5 Å². The summed E-state index contributed by atoms with van der Waals surface area (Å²) in [5.41, 5.74) is 2.68. The Hall–Kier alpha value is -2.30. The van der Waals surface area contributed by atoms with Crippen LogP contribution in [0.15, 0.2) is 47.1 Å². The van der Waals surface area contributed by atoms with Crippen LogP contribution >= 0.6 is 0 Å². The molecule has 0 spiro atoms. The molecule has 5 nitrogen and oxygen atoms in total. The number of hydrogen-bond acceptors (Lipinski definition) is 5. The molecule has 3 saturated carbocycles. The first-order valence-corrected chi connectivity index (χ1v) is 12.2. The Kier molecular flexibility index (Phi) is 5.55. The van der Waals surface area contributed by atoms with Crippen LogP contribution < -0.4 is 4.74 Å². The largest absolute Gasteiger partial charge is 0.482 e. The fraction of sp³-hybridized carbons (Fsp3) is 0.630. The number of nitrogens with zero attached hydrogens (tertiary/aromatic N) is 1. The average Bonchev–Trinajstić information content (AvgIpc) is 3.19. The third-order valence-electron chi connectivity index (χ3n) is 9.06. The minimum absolute atomic E-state index is 0.00214. The van der Waals surface area contributed by atoms with E-state index in [1.807, 2.05) is 30.3 Å². The molecule has 0 bridgehead atoms. The van der Waals surface area contributed by atoms with Gasteiger partial charge >= 0.3 is 5.97 Å². The summed E-state index contributed by atoms with van der Waals surface area (Å²) in [7, 11) is 0. The minimum Gasteiger partial charge on any atom is -0.482 e. The number of esters is 1. The number of oxime groups is 1. The van der Waals surface area contributed by atoms with E-state index < -0.39 is 0 Å². The van der Waals surface area contributed by atoms with Crippen molar-refractivity contribution in [1.82, 2.24) is 0 Å². The second-order valence-corrected chi connectivity index (χ2v) is 10.9. The molecule has 4 aliphatic carbocycles. The van der Waals surface area contributed by atoms with E-state index >= 15 is 0 Å². The molecule has 4 aliphatic rings. The van der Waals surface area contributed by atoms with Crippen LogP contribution in [0.4, 0.5) is 0 Å². The lowest BCUT2D eigenvalue weighted by atomic mass is 9.47. The molecule has 0 unspecified atom stereocenters. The maximum absolute atomic E-state index is 12.4. The summed E-state index contributed by atoms with van der Waals surface area (Å²) in [5, 5.41) is 13.9. The van der Waals surface area contributed by atoms with Crippen molar-refractivity contribution in [3.8, 4) is 5.75 Å². The molecule has 1 aromatic rings. The predicted molar refractivity (Wildman–Crippen MR) is 123 cm³/mol. The summed E-state index contributed by atoms with van der Waals surface area (Å²) in [4.78, 5) is 12.4. The summed E-state index contributed by atoms with van der Waals surface area (Å²) in [6.45, 7) is 4.69. The molecule has 5 rings (SSSR count). The maximum Gasteiger partial charge on any atom is 0.344 e. The number of carbonyl (C=O) groups excluding carboxylic acids is 1. The number of ether oxygens (including phenoxy) is 2. The van der Waals surface area contributed by atoms with Gasteiger partial charge in [0.25, 0.3) is 0 Å². The summed E-state index contributed by atoms with van der Waals surface area (Å²) in [6, 6.07) is 9.35. The Morgan fingerprint density at radius 3 is 2.78 bits per heavy atom. The van der Waals surface area contributed by atoms with Crippen LogP contribution in [0.5, 0.6) is 5.75 Å². The average molecular weight is 438 g/mol. The van der Waals surface area contributed by atoms with Gasteiger partial charge < -0.3 is 14.7 Å². The van der Waals surface area contributed by atoms with Gasteiger partial charge in [-0.15, -0.1) is 0 Å². The first-order valence-electron chi connectivity index (χ1n) is 12.2. The number of carbonyl (C=O) groups is 1. The first kappa shape index (κ1) is 21.5. The van der Waals surface area contributed by atoms with E-state index in [2.05, 4.69) is 25.1 Å². The molecular formula is C27H35NO4. The molecule has 5 heteroatoms. The van der Waals surface area contributed by atoms with Gasteiger partial charge in [-0.3, -0.25) is 0 Å². The highest BCUT2D eigenvalue weighted by Gasteiger charge is 2.58. The molecule has 0 saturated heterocycles. The summed E-state index contributed by atoms with van der Waals surface area (Å²) < 4.78 is 11.3. The Morgan fingerprint density at radius 2 is 2.00 bits per heavy atom. The first-order chi connectivity index (χ1) is 15.4. The van der Waals surface area contributed by atoms with Gasteiger partial charge in [-0.05, 0) is 73.3 Å². The smallest absolute Gasteiger partial charge is 0.344 e. The number of fused-ring (bicyclic) bond motifs is 5. The van der Waals surface area contributed by atoms with Crippen LogP contribution in [-0.4, -0.2) is 29.6 Å². The van der Waals surface area contributed by atoms with Crippen molar-refractivity contribution in [3.05, 3.63) is 42.0 Å². The molecule has 3 fully saturated rings. The van der Waals surface area contributed by atoms with Crippen LogP contribution in [0.2, 0.25) is 0 Å². The maximum atomic E-state index is 12.4. The quantitative estimate of drug-likeness (QED) is 0.281. The number of para-hydroxylation sites is 1. The highest BCUT2D eigenvalue weighted by molar-refractivity contribution is 5.89. The van der Waals surface area contributed by atoms with Crippen molar-refractivity contribution in [1.29, 1.82) is 0 Å². The summed E-state index contributed by atoms with van der Waals surface area (Å²) >= 11 is 0. The van der Waals surface area contributed by atoms with Gasteiger partial charge in [0.2, 0.25) is 0 Å². The molecule has 0 aliphatic heterocycles. The Bertz CT molecular complexity index is 925. The number of benzene rings is 1. The summed E-state index contributed by atoms with van der Waals surface area (Å²) in [5.74, 6) is 1.96. The third-order valence-corrected chi connectivity index (χ3v) is 9.06. The monoisotopic (exact) mass is 437 g/mol. The predicted octanol–water partition coefficient (Wildman–Crippen LogP) is 5.77. The van der Waals surface area contributed by atoms with Crippen molar-refractivity contribution in [2.45, 2.75) is 71.3 Å². The molecular weight excluding hydrogens is 402 g/mol. The Labute approximate surface area is 190 Å². The van der Waals surface area contributed by atoms with Gasteiger partial charge in [0.1, 0.15) is 11.9 Å². The molecule has 1 N–H and O–H groups in total. The molecule has 1 aromatic carbocycles. The van der Waals surface area contributed by atoms with E-state index in [0.717, 1.165) is 43.7 Å². The number of rotatable bonds is 4. The van der Waals surface area contributed by atoms with E-state index in [0.29, 0.717) is 17.6 Å². The van der Waals surface area contributed by atoms with Crippen LogP contribution in [0.3, 0.4) is 0 Å². The molecule has 0 radical (unpaired) electrons. The Balaban J connectivity index is 1.27. The second-order valence-electron chi connectivity index (χ2n) is 10.9. The third kappa shape index (κ3) is 3.64. The summed E-state index contributed by atoms with van der Waals surface area (Å²) in [6.07, 6.45) is 10.7. The zero-order chi connectivity index (χ0) is 22.3. The van der Waals surface area contributed by atoms with Gasteiger partial charge in [0.15, 0.2) is 6.61 Å². The van der Waals surface area contributed by atoms with Gasteiger partial charge in [-0.2, -0.15) is 0 Å². The van der Waals surface area contributed by atoms with Crippen LogP contribution in [0.1, 0.15) is 65.2 Å². The molecule has 6 atom stereocenters. The zero-order valence-corrected chi connectivity index (χ0v) is 19.3. The number of hydrogen-bond donors (Lipinski definition) is 1. The van der Waals surface area contributed by atoms with Crippen molar-refractivity contribution < 1.29 is 19.5 Å². The minimum atomic E-state index is -0.311. The normalized spacial score (nSPS) is 39.4. The lowest BCUT2D eigenvalue weighted by molar-refractivity contribution is -0.153. The van der Waals surface area contributed by atoms with Crippen molar-refractivity contribution in [3.63, 3.8) is 0 Å². The lowest BCUT2D eigenvalue weighted by Crippen LogP contribution is -2.54. The van der Waals surface area contributed by atoms with Crippen molar-refractivity contribution in [2.75, 3.05) is 6.61 Å². The fourth-order valence-electron chi connectivity index (χ4n) is 7.58. The van der Waals surface area contributed by atoms with E-state index in [1.54, 1.807) is 0 Å². The molecule has 0 aromatic heterocycles. The molecule has 172 valence electrons. The van der Waals surface area contributed by atoms with Crippen LogP contribution in [0.25, 0.3) is 0 Å². The van der Waals surface area contributed by atoms with Crippen LogP contribution in [0, 0.1) is 28.6 Å². The zero-order valence-electron chi connectivity index (χ0n) is 19.3. The van der Waals surface area contributed by atoms with Gasteiger partial charge in [0, 0.05) is 12.3 Å².